The van der Waals surface area contributed by atoms with Crippen LogP contribution in [0.15, 0.2) is 58.9 Å². The third kappa shape index (κ3) is 4.64. The molecular formula is C20H21FN6O2. The van der Waals surface area contributed by atoms with Gasteiger partial charge in [0.15, 0.2) is 17.5 Å². The molecule has 0 aliphatic carbocycles. The van der Waals surface area contributed by atoms with Gasteiger partial charge in [0.05, 0.1) is 24.6 Å². The Kier molecular flexibility index (Phi) is 5.69. The fourth-order valence-corrected chi connectivity index (χ4v) is 2.62. The smallest absolute Gasteiger partial charge is 0.213 e. The summed E-state index contributed by atoms with van der Waals surface area (Å²) in [6.45, 7) is 3.25. The van der Waals surface area contributed by atoms with E-state index in [-0.39, 0.29) is 17.4 Å². The van der Waals surface area contributed by atoms with Crippen molar-refractivity contribution in [2.75, 3.05) is 7.11 Å². The van der Waals surface area contributed by atoms with E-state index in [1.54, 1.807) is 44.3 Å². The summed E-state index contributed by atoms with van der Waals surface area (Å²) in [7, 11) is 1.49. The number of nitrogens with zero attached hydrogens (tertiary/aromatic N) is 4. The highest BCUT2D eigenvalue weighted by atomic mass is 19.1. The van der Waals surface area contributed by atoms with Crippen molar-refractivity contribution in [3.8, 4) is 5.88 Å². The van der Waals surface area contributed by atoms with Gasteiger partial charge >= 0.3 is 0 Å². The number of nitrogens with one attached hydrogen (secondary N) is 1. The van der Waals surface area contributed by atoms with Gasteiger partial charge in [-0.1, -0.05) is 6.07 Å². The first-order valence-corrected chi connectivity index (χ1v) is 8.74. The minimum atomic E-state index is -1.19. The van der Waals surface area contributed by atoms with Gasteiger partial charge in [0.1, 0.15) is 11.4 Å². The summed E-state index contributed by atoms with van der Waals surface area (Å²) in [4.78, 5) is 19.7. The van der Waals surface area contributed by atoms with Crippen molar-refractivity contribution in [3.63, 3.8) is 0 Å². The highest BCUT2D eigenvalue weighted by Gasteiger charge is 2.24. The third-order valence-electron chi connectivity index (χ3n) is 4.03. The number of H-pyrrole nitrogens is 1. The van der Waals surface area contributed by atoms with E-state index in [4.69, 9.17) is 10.5 Å². The summed E-state index contributed by atoms with van der Waals surface area (Å²) >= 11 is 0. The lowest BCUT2D eigenvalue weighted by molar-refractivity contribution is 0.0786. The van der Waals surface area contributed by atoms with Gasteiger partial charge in [0.25, 0.3) is 0 Å². The second kappa shape index (κ2) is 8.19. The topological polar surface area (TPSA) is 122 Å². The molecular weight excluding hydrogens is 375 g/mol. The Morgan fingerprint density at radius 2 is 2.07 bits per heavy atom. The van der Waals surface area contributed by atoms with Crippen molar-refractivity contribution in [2.24, 2.45) is 15.7 Å². The average Bonchev–Trinajstić information content (AvgIpc) is 3.19. The Bertz CT molecular complexity index is 1070. The summed E-state index contributed by atoms with van der Waals surface area (Å²) < 4.78 is 19.3. The first kappa shape index (κ1) is 20.2. The zero-order chi connectivity index (χ0) is 21.0. The molecule has 8 nitrogen and oxygen atoms in total. The lowest BCUT2D eigenvalue weighted by atomic mass is 9.98. The van der Waals surface area contributed by atoms with Crippen LogP contribution >= 0.6 is 0 Å². The number of aromatic amines is 1. The molecule has 0 aliphatic rings. The molecule has 3 rings (SSSR count). The van der Waals surface area contributed by atoms with Gasteiger partial charge in [-0.25, -0.2) is 19.4 Å². The van der Waals surface area contributed by atoms with Crippen LogP contribution in [0, 0.1) is 5.82 Å². The van der Waals surface area contributed by atoms with Crippen LogP contribution in [-0.4, -0.2) is 38.8 Å². The first-order chi connectivity index (χ1) is 13.8. The maximum atomic E-state index is 14.1. The fraction of sp³-hybridized carbons (Fsp3) is 0.200. The number of amidine groups is 2. The first-order valence-electron chi connectivity index (χ1n) is 8.74. The van der Waals surface area contributed by atoms with Crippen LogP contribution in [0.1, 0.15) is 30.8 Å². The van der Waals surface area contributed by atoms with Crippen LogP contribution in [0.2, 0.25) is 0 Å². The van der Waals surface area contributed by atoms with E-state index < -0.39 is 11.4 Å². The number of rotatable bonds is 5. The molecule has 0 spiro atoms. The number of hydrogen-bond acceptors (Lipinski definition) is 5. The second-order valence-corrected chi connectivity index (χ2v) is 6.65. The van der Waals surface area contributed by atoms with Crippen LogP contribution in [0.3, 0.4) is 0 Å². The number of hydrogen-bond donors (Lipinski definition) is 3. The molecule has 0 unspecified atom stereocenters. The molecule has 0 bridgehead atoms. The molecule has 0 radical (unpaired) electrons. The Hall–Kier alpha value is -3.59. The molecule has 0 amide bonds. The van der Waals surface area contributed by atoms with E-state index >= 15 is 0 Å². The average molecular weight is 396 g/mol. The number of ether oxygens (including phenoxy) is 1. The third-order valence-corrected chi connectivity index (χ3v) is 4.03. The predicted molar refractivity (Wildman–Crippen MR) is 108 cm³/mol. The molecule has 9 heteroatoms. The van der Waals surface area contributed by atoms with Crippen LogP contribution < -0.4 is 10.5 Å². The molecule has 0 aliphatic heterocycles. The van der Waals surface area contributed by atoms with E-state index in [0.29, 0.717) is 22.8 Å². The van der Waals surface area contributed by atoms with Gasteiger partial charge in [0, 0.05) is 24.0 Å². The van der Waals surface area contributed by atoms with Crippen molar-refractivity contribution in [2.45, 2.75) is 19.4 Å². The normalized spacial score (nSPS) is 12.9. The maximum absolute atomic E-state index is 14.1. The summed E-state index contributed by atoms with van der Waals surface area (Å²) in [5.74, 6) is -0.112. The SMILES string of the molecule is COc1cccc(C(N)=NC(=Nc2ccncc2F)c2[nH]ccc2C(C)(C)O)n1. The summed E-state index contributed by atoms with van der Waals surface area (Å²) in [6, 6.07) is 8.17. The number of aliphatic hydroxyl groups is 1. The summed E-state index contributed by atoms with van der Waals surface area (Å²) in [5, 5.41) is 10.5. The highest BCUT2D eigenvalue weighted by molar-refractivity contribution is 6.11. The standard InChI is InChI=1S/C20H21FN6O2/c1-20(2,28)12-7-10-24-17(12)19(26-14-8-9-23-11-13(14)21)27-18(22)15-5-4-6-16(25-15)29-3/h4-11,24,28H,1-3H3,(H2,22,23,26,27). The Labute approximate surface area is 167 Å². The number of nitrogens with two attached hydrogens (primary N) is 1. The largest absolute Gasteiger partial charge is 0.481 e. The zero-order valence-corrected chi connectivity index (χ0v) is 16.2. The van der Waals surface area contributed by atoms with Crippen molar-refractivity contribution >= 4 is 17.4 Å². The molecule has 3 aromatic rings. The van der Waals surface area contributed by atoms with Crippen molar-refractivity contribution in [1.82, 2.24) is 15.0 Å². The van der Waals surface area contributed by atoms with Gasteiger partial charge in [0.2, 0.25) is 5.88 Å². The summed E-state index contributed by atoms with van der Waals surface area (Å²) in [6.07, 6.45) is 4.11. The van der Waals surface area contributed by atoms with E-state index in [9.17, 15) is 9.50 Å². The molecule has 3 heterocycles. The van der Waals surface area contributed by atoms with E-state index in [2.05, 4.69) is 24.9 Å². The molecule has 0 aromatic carbocycles. The van der Waals surface area contributed by atoms with E-state index in [1.807, 2.05) is 0 Å². The Balaban J connectivity index is 2.16. The van der Waals surface area contributed by atoms with Crippen LogP contribution in [0.25, 0.3) is 0 Å². The molecule has 0 saturated heterocycles. The number of pyridine rings is 2. The van der Waals surface area contributed by atoms with Gasteiger partial charge in [-0.2, -0.15) is 0 Å². The maximum Gasteiger partial charge on any atom is 0.213 e. The number of methoxy groups -OCH3 is 1. The van der Waals surface area contributed by atoms with Gasteiger partial charge < -0.3 is 20.6 Å². The number of aliphatic imine (C=N–C) groups is 2. The molecule has 29 heavy (non-hydrogen) atoms. The minimum Gasteiger partial charge on any atom is -0.481 e. The Morgan fingerprint density at radius 3 is 2.76 bits per heavy atom. The quantitative estimate of drug-likeness (QED) is 0.452. The molecule has 0 atom stereocenters. The van der Waals surface area contributed by atoms with Crippen LogP contribution in [-0.2, 0) is 5.60 Å². The minimum absolute atomic E-state index is 0.0291. The van der Waals surface area contributed by atoms with Crippen molar-refractivity contribution < 1.29 is 14.2 Å². The lowest BCUT2D eigenvalue weighted by Gasteiger charge is -2.18. The van der Waals surface area contributed by atoms with Gasteiger partial charge in [-0.05, 0) is 32.0 Å². The van der Waals surface area contributed by atoms with E-state index in [1.165, 1.54) is 19.4 Å². The number of aromatic nitrogens is 3. The summed E-state index contributed by atoms with van der Waals surface area (Å²) in [5.41, 5.74) is 6.28. The fourth-order valence-electron chi connectivity index (χ4n) is 2.62. The van der Waals surface area contributed by atoms with Crippen LogP contribution in [0.4, 0.5) is 10.1 Å². The molecule has 4 N–H and O–H groups in total. The van der Waals surface area contributed by atoms with Crippen molar-refractivity contribution in [1.29, 1.82) is 0 Å². The Morgan fingerprint density at radius 1 is 1.28 bits per heavy atom. The van der Waals surface area contributed by atoms with Crippen molar-refractivity contribution in [3.05, 3.63) is 71.7 Å². The monoisotopic (exact) mass is 396 g/mol. The molecule has 0 saturated carbocycles. The van der Waals surface area contributed by atoms with Gasteiger partial charge in [-0.3, -0.25) is 4.98 Å². The van der Waals surface area contributed by atoms with E-state index in [0.717, 1.165) is 6.20 Å². The molecule has 3 aromatic heterocycles. The van der Waals surface area contributed by atoms with Gasteiger partial charge in [-0.15, -0.1) is 0 Å². The molecule has 0 fully saturated rings. The number of halogens is 1. The highest BCUT2D eigenvalue weighted by Crippen LogP contribution is 2.26. The lowest BCUT2D eigenvalue weighted by Crippen LogP contribution is -2.21. The predicted octanol–water partition coefficient (Wildman–Crippen LogP) is 2.66. The molecule has 150 valence electrons. The zero-order valence-electron chi connectivity index (χ0n) is 16.2. The second-order valence-electron chi connectivity index (χ2n) is 6.65. The van der Waals surface area contributed by atoms with Crippen LogP contribution in [0.5, 0.6) is 5.88 Å².